The minimum Gasteiger partial charge on any atom is -0.434 e. The molecule has 3 heterocycles. The van der Waals surface area contributed by atoms with Crippen molar-refractivity contribution < 1.29 is 32.4 Å². The average molecular weight is 561 g/mol. The molecular weight excluding hydrogens is 533 g/mol. The molecule has 11 nitrogen and oxygen atoms in total. The van der Waals surface area contributed by atoms with Crippen molar-refractivity contribution in [3.05, 3.63) is 58.3 Å². The van der Waals surface area contributed by atoms with Gasteiger partial charge in [0.05, 0.1) is 23.6 Å². The van der Waals surface area contributed by atoms with E-state index in [4.69, 9.17) is 4.74 Å². The molecule has 4 rings (SSSR count). The summed E-state index contributed by atoms with van der Waals surface area (Å²) in [6.07, 6.45) is -2.03. The molecular formula is C26H27F3N6O5. The normalized spacial score (nSPS) is 19.8. The largest absolute Gasteiger partial charge is 0.434 e. The lowest BCUT2D eigenvalue weighted by molar-refractivity contribution is -0.386. The molecule has 0 radical (unpaired) electrons. The summed E-state index contributed by atoms with van der Waals surface area (Å²) in [5.41, 5.74) is 0.229. The predicted molar refractivity (Wildman–Crippen MR) is 134 cm³/mol. The molecule has 1 aromatic carbocycles. The first-order valence-electron chi connectivity index (χ1n) is 12.7. The first kappa shape index (κ1) is 28.8. The summed E-state index contributed by atoms with van der Waals surface area (Å²) in [4.78, 5) is 42.8. The van der Waals surface area contributed by atoms with Crippen molar-refractivity contribution in [2.75, 3.05) is 19.6 Å². The number of pyridine rings is 1. The first-order chi connectivity index (χ1) is 19.1. The van der Waals surface area contributed by atoms with E-state index >= 15 is 0 Å². The van der Waals surface area contributed by atoms with Crippen LogP contribution in [0, 0.1) is 21.4 Å². The van der Waals surface area contributed by atoms with Gasteiger partial charge in [0.1, 0.15) is 17.8 Å². The Balaban J connectivity index is 1.50. The van der Waals surface area contributed by atoms with Gasteiger partial charge in [-0.25, -0.2) is 4.98 Å². The number of carbonyl (C=O) groups is 2. The van der Waals surface area contributed by atoms with E-state index in [2.05, 4.69) is 16.4 Å². The minimum absolute atomic E-state index is 0.0289. The summed E-state index contributed by atoms with van der Waals surface area (Å²) in [6.45, 7) is 0.0343. The number of nitrogens with one attached hydrogen (secondary N) is 1. The van der Waals surface area contributed by atoms with Gasteiger partial charge in [-0.3, -0.25) is 25.0 Å². The van der Waals surface area contributed by atoms with Crippen molar-refractivity contribution in [2.24, 2.45) is 0 Å². The minimum atomic E-state index is -4.57. The zero-order chi connectivity index (χ0) is 28.9. The van der Waals surface area contributed by atoms with Gasteiger partial charge in [0.2, 0.25) is 11.8 Å². The number of likely N-dealkylation sites (tertiary alicyclic amines) is 2. The Bertz CT molecular complexity index is 1280. The van der Waals surface area contributed by atoms with Crippen LogP contribution in [-0.4, -0.2) is 75.5 Å². The summed E-state index contributed by atoms with van der Waals surface area (Å²) in [7, 11) is 0. The number of hydrogen-bond acceptors (Lipinski definition) is 8. The topological polar surface area (TPSA) is 142 Å². The van der Waals surface area contributed by atoms with Crippen LogP contribution in [0.4, 0.5) is 18.9 Å². The summed E-state index contributed by atoms with van der Waals surface area (Å²) in [5.74, 6) is -1.16. The number of nitriles is 1. The highest BCUT2D eigenvalue weighted by Crippen LogP contribution is 2.33. The molecule has 1 aromatic heterocycles. The van der Waals surface area contributed by atoms with E-state index in [1.807, 2.05) is 0 Å². The Hall–Kier alpha value is -4.25. The molecule has 2 aliphatic heterocycles. The van der Waals surface area contributed by atoms with Crippen molar-refractivity contribution in [3.8, 4) is 17.7 Å². The second-order valence-corrected chi connectivity index (χ2v) is 9.57. The molecule has 2 fully saturated rings. The van der Waals surface area contributed by atoms with E-state index in [1.54, 1.807) is 12.1 Å². The summed E-state index contributed by atoms with van der Waals surface area (Å²) in [5, 5.41) is 23.3. The third-order valence-electron chi connectivity index (χ3n) is 6.96. The van der Waals surface area contributed by atoms with Crippen LogP contribution in [0.1, 0.15) is 31.2 Å². The number of nitrogens with zero attached hydrogens (tertiary/aromatic N) is 5. The molecule has 0 saturated carbocycles. The lowest BCUT2D eigenvalue weighted by Crippen LogP contribution is -2.54. The molecule has 2 saturated heterocycles. The Labute approximate surface area is 227 Å². The maximum absolute atomic E-state index is 13.6. The highest BCUT2D eigenvalue weighted by Gasteiger charge is 2.48. The monoisotopic (exact) mass is 560 g/mol. The van der Waals surface area contributed by atoms with Gasteiger partial charge < -0.3 is 14.5 Å². The van der Waals surface area contributed by atoms with Gasteiger partial charge in [-0.1, -0.05) is 12.1 Å². The molecule has 0 aliphatic carbocycles. The molecule has 0 bridgehead atoms. The average Bonchev–Trinajstić information content (AvgIpc) is 3.62. The van der Waals surface area contributed by atoms with E-state index in [-0.39, 0.29) is 49.7 Å². The van der Waals surface area contributed by atoms with Gasteiger partial charge in [-0.05, 0) is 55.9 Å². The Morgan fingerprint density at radius 3 is 2.55 bits per heavy atom. The van der Waals surface area contributed by atoms with Crippen molar-refractivity contribution in [2.45, 2.75) is 56.4 Å². The number of ether oxygens (including phenoxy) is 1. The third kappa shape index (κ3) is 6.66. The summed E-state index contributed by atoms with van der Waals surface area (Å²) < 4.78 is 46.3. The van der Waals surface area contributed by atoms with Gasteiger partial charge in [0.25, 0.3) is 5.88 Å². The van der Waals surface area contributed by atoms with Crippen LogP contribution in [0.15, 0.2) is 42.6 Å². The number of benzene rings is 1. The molecule has 2 amide bonds. The molecule has 2 aromatic rings. The maximum Gasteiger partial charge on any atom is 0.408 e. The van der Waals surface area contributed by atoms with E-state index in [1.165, 1.54) is 35.4 Å². The second-order valence-electron chi connectivity index (χ2n) is 9.57. The Kier molecular flexibility index (Phi) is 8.83. The van der Waals surface area contributed by atoms with E-state index in [9.17, 15) is 38.1 Å². The van der Waals surface area contributed by atoms with Crippen molar-refractivity contribution in [1.29, 1.82) is 5.26 Å². The fourth-order valence-electron chi connectivity index (χ4n) is 4.97. The zero-order valence-electron chi connectivity index (χ0n) is 21.3. The first-order valence-corrected chi connectivity index (χ1v) is 12.7. The van der Waals surface area contributed by atoms with Gasteiger partial charge in [0.15, 0.2) is 0 Å². The van der Waals surface area contributed by atoms with Crippen molar-refractivity contribution >= 4 is 17.5 Å². The number of hydrogen-bond donors (Lipinski definition) is 1. The maximum atomic E-state index is 13.6. The summed E-state index contributed by atoms with van der Waals surface area (Å²) in [6, 6.07) is 7.25. The number of amides is 2. The molecule has 14 heteroatoms. The smallest absolute Gasteiger partial charge is 0.408 e. The molecule has 3 atom stereocenters. The number of alkyl halides is 3. The molecule has 40 heavy (non-hydrogen) atoms. The molecule has 0 unspecified atom stereocenters. The number of nitro groups is 1. The summed E-state index contributed by atoms with van der Waals surface area (Å²) >= 11 is 0. The molecule has 2 aliphatic rings. The number of rotatable bonds is 9. The molecule has 0 spiro atoms. The fraction of sp³-hybridized carbons (Fsp3) is 0.462. The zero-order valence-corrected chi connectivity index (χ0v) is 21.3. The molecule has 1 N–H and O–H groups in total. The van der Waals surface area contributed by atoms with Crippen LogP contribution >= 0.6 is 0 Å². The van der Waals surface area contributed by atoms with Crippen LogP contribution in [0.2, 0.25) is 0 Å². The van der Waals surface area contributed by atoms with Crippen molar-refractivity contribution in [3.63, 3.8) is 0 Å². The second kappa shape index (κ2) is 12.3. The SMILES string of the molecule is N#C[C@@H]1CCCN1C(=O)CN[C@@H](Cc1ccc(Oc2ncccc2[N+](=O)[O-])cc1)C(=O)N1CCC[C@H]1C(F)(F)F. The molecule has 212 valence electrons. The highest BCUT2D eigenvalue weighted by molar-refractivity contribution is 5.85. The highest BCUT2D eigenvalue weighted by atomic mass is 19.4. The van der Waals surface area contributed by atoms with Gasteiger partial charge in [-0.15, -0.1) is 0 Å². The lowest BCUT2D eigenvalue weighted by atomic mass is 10.0. The quantitative estimate of drug-likeness (QED) is 0.364. The third-order valence-corrected chi connectivity index (χ3v) is 6.96. The number of aromatic nitrogens is 1. The van der Waals surface area contributed by atoms with Crippen LogP contribution < -0.4 is 10.1 Å². The number of halogens is 3. The van der Waals surface area contributed by atoms with Crippen molar-refractivity contribution in [1.82, 2.24) is 20.1 Å². The van der Waals surface area contributed by atoms with E-state index in [0.29, 0.717) is 24.9 Å². The Morgan fingerprint density at radius 1 is 1.18 bits per heavy atom. The fourth-order valence-corrected chi connectivity index (χ4v) is 4.97. The lowest BCUT2D eigenvalue weighted by Gasteiger charge is -2.31. The van der Waals surface area contributed by atoms with Gasteiger partial charge in [-0.2, -0.15) is 18.4 Å². The Morgan fingerprint density at radius 2 is 1.88 bits per heavy atom. The number of carbonyl (C=O) groups excluding carboxylic acids is 2. The standard InChI is InChI=1S/C26H27F3N6O5/c27-26(28,29)22-6-3-13-34(22)25(37)20(32-16-23(36)33-12-2-4-18(33)15-30)14-17-7-9-19(10-8-17)40-24-21(35(38)39)5-1-11-31-24/h1,5,7-11,18,20,22,32H,2-4,6,12-14,16H2/t18-,20-,22-/m0/s1. The van der Waals surface area contributed by atoms with Crippen LogP contribution in [0.3, 0.4) is 0 Å². The van der Waals surface area contributed by atoms with Gasteiger partial charge >= 0.3 is 11.9 Å². The predicted octanol–water partition coefficient (Wildman–Crippen LogP) is 3.35. The van der Waals surface area contributed by atoms with Gasteiger partial charge in [0, 0.05) is 25.4 Å². The van der Waals surface area contributed by atoms with Crippen LogP contribution in [0.5, 0.6) is 11.6 Å². The van der Waals surface area contributed by atoms with E-state index < -0.39 is 41.0 Å². The van der Waals surface area contributed by atoms with Crippen LogP contribution in [-0.2, 0) is 16.0 Å². The van der Waals surface area contributed by atoms with Crippen LogP contribution in [0.25, 0.3) is 0 Å². The van der Waals surface area contributed by atoms with E-state index in [0.717, 1.165) is 4.90 Å².